The van der Waals surface area contributed by atoms with Crippen molar-refractivity contribution in [3.8, 4) is 0 Å². The SMILES string of the molecule is C[N+](C)(C)Cc1ccc(C(F)(F)F)cc1. The van der Waals surface area contributed by atoms with Gasteiger partial charge in [-0.25, -0.2) is 0 Å². The van der Waals surface area contributed by atoms with Crippen molar-refractivity contribution in [2.24, 2.45) is 0 Å². The molecule has 1 rings (SSSR count). The molecule has 0 bridgehead atoms. The van der Waals surface area contributed by atoms with Crippen LogP contribution in [0.4, 0.5) is 13.2 Å². The Morgan fingerprint density at radius 3 is 1.80 bits per heavy atom. The molecule has 0 aliphatic carbocycles. The molecule has 0 atom stereocenters. The Bertz CT molecular complexity index is 319. The monoisotopic (exact) mass is 218 g/mol. The molecule has 1 aromatic carbocycles. The quantitative estimate of drug-likeness (QED) is 0.669. The predicted molar refractivity (Wildman–Crippen MR) is 53.2 cm³/mol. The Labute approximate surface area is 87.7 Å². The van der Waals surface area contributed by atoms with Crippen LogP contribution in [0, 0.1) is 0 Å². The molecule has 0 N–H and O–H groups in total. The standard InChI is InChI=1S/C11H15F3N/c1-15(2,3)8-9-4-6-10(7-5-9)11(12,13)14/h4-7H,8H2,1-3H3/q+1. The number of rotatable bonds is 2. The summed E-state index contributed by atoms with van der Waals surface area (Å²) in [5, 5.41) is 0. The van der Waals surface area contributed by atoms with E-state index < -0.39 is 11.7 Å². The van der Waals surface area contributed by atoms with E-state index >= 15 is 0 Å². The number of alkyl halides is 3. The van der Waals surface area contributed by atoms with Gasteiger partial charge in [0.05, 0.1) is 26.7 Å². The highest BCUT2D eigenvalue weighted by Gasteiger charge is 2.30. The molecule has 0 heterocycles. The predicted octanol–water partition coefficient (Wildman–Crippen LogP) is 2.91. The van der Waals surface area contributed by atoms with Crippen LogP contribution in [0.2, 0.25) is 0 Å². The summed E-state index contributed by atoms with van der Waals surface area (Å²) in [5.74, 6) is 0. The van der Waals surface area contributed by atoms with Gasteiger partial charge in [-0.05, 0) is 12.1 Å². The summed E-state index contributed by atoms with van der Waals surface area (Å²) in [6.07, 6.45) is -4.24. The van der Waals surface area contributed by atoms with Crippen molar-refractivity contribution in [1.29, 1.82) is 0 Å². The lowest BCUT2D eigenvalue weighted by Crippen LogP contribution is -2.33. The van der Waals surface area contributed by atoms with Crippen LogP contribution in [-0.4, -0.2) is 25.6 Å². The first-order chi connectivity index (χ1) is 6.68. The van der Waals surface area contributed by atoms with Crippen LogP contribution in [0.25, 0.3) is 0 Å². The summed E-state index contributed by atoms with van der Waals surface area (Å²) in [4.78, 5) is 0. The normalized spacial score (nSPS) is 12.9. The van der Waals surface area contributed by atoms with Crippen LogP contribution in [0.1, 0.15) is 11.1 Å². The smallest absolute Gasteiger partial charge is 0.327 e. The lowest BCUT2D eigenvalue weighted by Gasteiger charge is -2.24. The molecule has 0 aromatic heterocycles. The molecule has 0 radical (unpaired) electrons. The molecule has 1 aromatic rings. The van der Waals surface area contributed by atoms with Gasteiger partial charge in [-0.2, -0.15) is 13.2 Å². The van der Waals surface area contributed by atoms with Crippen molar-refractivity contribution in [2.45, 2.75) is 12.7 Å². The van der Waals surface area contributed by atoms with Crippen LogP contribution in [0.15, 0.2) is 24.3 Å². The van der Waals surface area contributed by atoms with Crippen LogP contribution in [-0.2, 0) is 12.7 Å². The number of nitrogens with zero attached hydrogens (tertiary/aromatic N) is 1. The Kier molecular flexibility index (Phi) is 3.09. The molecule has 0 amide bonds. The number of benzene rings is 1. The largest absolute Gasteiger partial charge is 0.416 e. The van der Waals surface area contributed by atoms with Crippen molar-refractivity contribution in [2.75, 3.05) is 21.1 Å². The van der Waals surface area contributed by atoms with Gasteiger partial charge in [0, 0.05) is 5.56 Å². The lowest BCUT2D eigenvalue weighted by molar-refractivity contribution is -0.884. The van der Waals surface area contributed by atoms with Crippen LogP contribution in [0.5, 0.6) is 0 Å². The average molecular weight is 218 g/mol. The number of halogens is 3. The van der Waals surface area contributed by atoms with Gasteiger partial charge in [0.1, 0.15) is 6.54 Å². The molecule has 0 saturated carbocycles. The van der Waals surface area contributed by atoms with E-state index in [1.54, 1.807) is 0 Å². The minimum atomic E-state index is -4.24. The second-order valence-corrected chi connectivity index (χ2v) is 4.64. The van der Waals surface area contributed by atoms with E-state index in [9.17, 15) is 13.2 Å². The van der Waals surface area contributed by atoms with Crippen LogP contribution in [0.3, 0.4) is 0 Å². The fourth-order valence-electron chi connectivity index (χ4n) is 1.35. The minimum Gasteiger partial charge on any atom is -0.327 e. The van der Waals surface area contributed by atoms with E-state index in [1.165, 1.54) is 12.1 Å². The van der Waals surface area contributed by atoms with Gasteiger partial charge in [-0.1, -0.05) is 12.1 Å². The number of hydrogen-bond acceptors (Lipinski definition) is 0. The molecular formula is C11H15F3N+. The Morgan fingerprint density at radius 1 is 1.00 bits per heavy atom. The molecule has 0 saturated heterocycles. The molecule has 0 aliphatic rings. The first-order valence-electron chi connectivity index (χ1n) is 4.65. The van der Waals surface area contributed by atoms with Crippen molar-refractivity contribution < 1.29 is 17.7 Å². The molecule has 15 heavy (non-hydrogen) atoms. The van der Waals surface area contributed by atoms with Gasteiger partial charge >= 0.3 is 6.18 Å². The fraction of sp³-hybridized carbons (Fsp3) is 0.455. The van der Waals surface area contributed by atoms with Crippen molar-refractivity contribution in [1.82, 2.24) is 0 Å². The molecule has 0 fully saturated rings. The highest BCUT2D eigenvalue weighted by Crippen LogP contribution is 2.29. The third-order valence-corrected chi connectivity index (χ3v) is 1.94. The molecular weight excluding hydrogens is 203 g/mol. The summed E-state index contributed by atoms with van der Waals surface area (Å²) in [6.45, 7) is 0.720. The van der Waals surface area contributed by atoms with Crippen molar-refractivity contribution >= 4 is 0 Å². The maximum absolute atomic E-state index is 12.3. The zero-order valence-electron chi connectivity index (χ0n) is 9.10. The number of quaternary nitrogens is 1. The first kappa shape index (κ1) is 12.0. The van der Waals surface area contributed by atoms with Gasteiger partial charge in [0.2, 0.25) is 0 Å². The van der Waals surface area contributed by atoms with E-state index in [0.29, 0.717) is 4.48 Å². The Balaban J connectivity index is 2.82. The minimum absolute atomic E-state index is 0.590. The van der Waals surface area contributed by atoms with E-state index in [1.807, 2.05) is 21.1 Å². The highest BCUT2D eigenvalue weighted by atomic mass is 19.4. The van der Waals surface area contributed by atoms with Crippen LogP contribution >= 0.6 is 0 Å². The maximum Gasteiger partial charge on any atom is 0.416 e. The van der Waals surface area contributed by atoms with E-state index in [-0.39, 0.29) is 0 Å². The Morgan fingerprint density at radius 2 is 1.47 bits per heavy atom. The van der Waals surface area contributed by atoms with E-state index in [2.05, 4.69) is 0 Å². The second-order valence-electron chi connectivity index (χ2n) is 4.64. The van der Waals surface area contributed by atoms with E-state index in [4.69, 9.17) is 0 Å². The summed E-state index contributed by atoms with van der Waals surface area (Å²) < 4.78 is 37.5. The topological polar surface area (TPSA) is 0 Å². The first-order valence-corrected chi connectivity index (χ1v) is 4.65. The van der Waals surface area contributed by atoms with Crippen molar-refractivity contribution in [3.63, 3.8) is 0 Å². The summed E-state index contributed by atoms with van der Waals surface area (Å²) >= 11 is 0. The summed E-state index contributed by atoms with van der Waals surface area (Å²) in [5.41, 5.74) is 0.322. The van der Waals surface area contributed by atoms with Gasteiger partial charge in [0.25, 0.3) is 0 Å². The molecule has 0 unspecified atom stereocenters. The fourth-order valence-corrected chi connectivity index (χ4v) is 1.35. The highest BCUT2D eigenvalue weighted by molar-refractivity contribution is 5.24. The van der Waals surface area contributed by atoms with E-state index in [0.717, 1.165) is 24.2 Å². The summed E-state index contributed by atoms with van der Waals surface area (Å²) in [7, 11) is 5.99. The third kappa shape index (κ3) is 3.91. The Hall–Kier alpha value is -1.03. The van der Waals surface area contributed by atoms with Gasteiger partial charge in [-0.3, -0.25) is 0 Å². The lowest BCUT2D eigenvalue weighted by atomic mass is 10.1. The molecule has 4 heteroatoms. The molecule has 84 valence electrons. The van der Waals surface area contributed by atoms with Gasteiger partial charge in [-0.15, -0.1) is 0 Å². The summed E-state index contributed by atoms with van der Waals surface area (Å²) in [6, 6.07) is 5.33. The van der Waals surface area contributed by atoms with Gasteiger partial charge < -0.3 is 4.48 Å². The number of hydrogen-bond donors (Lipinski definition) is 0. The maximum atomic E-state index is 12.3. The molecule has 0 spiro atoms. The molecule has 0 aliphatic heterocycles. The third-order valence-electron chi connectivity index (χ3n) is 1.94. The molecule has 1 nitrogen and oxygen atoms in total. The zero-order valence-corrected chi connectivity index (χ0v) is 9.10. The average Bonchev–Trinajstić information content (AvgIpc) is 2.00. The van der Waals surface area contributed by atoms with Gasteiger partial charge in [0.15, 0.2) is 0 Å². The second kappa shape index (κ2) is 3.85. The van der Waals surface area contributed by atoms with Crippen molar-refractivity contribution in [3.05, 3.63) is 35.4 Å². The van der Waals surface area contributed by atoms with Crippen LogP contribution < -0.4 is 0 Å². The zero-order chi connectivity index (χ0) is 11.7.